The van der Waals surface area contributed by atoms with Gasteiger partial charge in [0.1, 0.15) is 11.6 Å². The van der Waals surface area contributed by atoms with Gasteiger partial charge in [0.05, 0.1) is 6.61 Å². The van der Waals surface area contributed by atoms with Gasteiger partial charge in [-0.15, -0.1) is 0 Å². The smallest absolute Gasteiger partial charge is 0.255 e. The first-order valence-electron chi connectivity index (χ1n) is 6.99. The molecule has 0 radical (unpaired) electrons. The van der Waals surface area contributed by atoms with Gasteiger partial charge in [0.2, 0.25) is 0 Å². The van der Waals surface area contributed by atoms with E-state index in [1.165, 1.54) is 12.1 Å². The number of ether oxygens (including phenoxy) is 1. The second kappa shape index (κ2) is 7.43. The molecular weight excluding hydrogens is 269 g/mol. The van der Waals surface area contributed by atoms with E-state index in [9.17, 15) is 9.18 Å². The third-order valence-corrected chi connectivity index (χ3v) is 2.95. The monoisotopic (exact) mass is 287 g/mol. The van der Waals surface area contributed by atoms with E-state index in [1.807, 2.05) is 6.07 Å². The van der Waals surface area contributed by atoms with Crippen LogP contribution >= 0.6 is 0 Å². The lowest BCUT2D eigenvalue weighted by molar-refractivity contribution is 0.102. The van der Waals surface area contributed by atoms with Crippen molar-refractivity contribution in [3.63, 3.8) is 0 Å². The molecule has 1 amide bonds. The number of halogens is 1. The van der Waals surface area contributed by atoms with Crippen LogP contribution in [0.5, 0.6) is 5.75 Å². The molecule has 1 N–H and O–H groups in total. The molecule has 2 rings (SSSR count). The molecule has 0 spiro atoms. The van der Waals surface area contributed by atoms with E-state index in [0.29, 0.717) is 23.6 Å². The second-order valence-corrected chi connectivity index (χ2v) is 4.69. The number of carbonyl (C=O) groups excluding carboxylic acids is 1. The summed E-state index contributed by atoms with van der Waals surface area (Å²) in [7, 11) is 0. The number of hydrogen-bond donors (Lipinski definition) is 1. The lowest BCUT2D eigenvalue weighted by Gasteiger charge is -2.08. The summed E-state index contributed by atoms with van der Waals surface area (Å²) in [6.45, 7) is 2.72. The highest BCUT2D eigenvalue weighted by Gasteiger charge is 2.07. The van der Waals surface area contributed by atoms with E-state index >= 15 is 0 Å². The average Bonchev–Trinajstić information content (AvgIpc) is 2.48. The maximum Gasteiger partial charge on any atom is 0.255 e. The van der Waals surface area contributed by atoms with Crippen LogP contribution in [0, 0.1) is 5.82 Å². The van der Waals surface area contributed by atoms with E-state index in [4.69, 9.17) is 4.74 Å². The summed E-state index contributed by atoms with van der Waals surface area (Å²) in [5, 5.41) is 2.66. The highest BCUT2D eigenvalue weighted by molar-refractivity contribution is 6.04. The van der Waals surface area contributed by atoms with Crippen molar-refractivity contribution in [2.75, 3.05) is 11.9 Å². The number of unbranched alkanes of at least 4 members (excludes halogenated alkanes) is 1. The number of rotatable bonds is 6. The highest BCUT2D eigenvalue weighted by Crippen LogP contribution is 2.16. The number of benzene rings is 2. The molecule has 0 saturated carbocycles. The van der Waals surface area contributed by atoms with Crippen LogP contribution in [-0.4, -0.2) is 12.5 Å². The van der Waals surface area contributed by atoms with Gasteiger partial charge >= 0.3 is 0 Å². The fraction of sp³-hybridized carbons (Fsp3) is 0.235. The number of anilines is 1. The third kappa shape index (κ3) is 4.60. The molecule has 0 atom stereocenters. The van der Waals surface area contributed by atoms with Crippen LogP contribution < -0.4 is 10.1 Å². The van der Waals surface area contributed by atoms with Crippen LogP contribution in [0.1, 0.15) is 30.1 Å². The Morgan fingerprint density at radius 1 is 1.19 bits per heavy atom. The zero-order valence-corrected chi connectivity index (χ0v) is 11.9. The maximum atomic E-state index is 13.1. The molecule has 0 fully saturated rings. The largest absolute Gasteiger partial charge is 0.494 e. The molecule has 110 valence electrons. The van der Waals surface area contributed by atoms with Crippen molar-refractivity contribution >= 4 is 11.6 Å². The highest BCUT2D eigenvalue weighted by atomic mass is 19.1. The van der Waals surface area contributed by atoms with Crippen molar-refractivity contribution in [2.24, 2.45) is 0 Å². The van der Waals surface area contributed by atoms with Crippen molar-refractivity contribution in [2.45, 2.75) is 19.8 Å². The van der Waals surface area contributed by atoms with Crippen LogP contribution in [0.2, 0.25) is 0 Å². The minimum atomic E-state index is -0.385. The first kappa shape index (κ1) is 15.0. The SMILES string of the molecule is CCCCOc1cccc(C(=O)Nc2cccc(F)c2)c1. The summed E-state index contributed by atoms with van der Waals surface area (Å²) in [5.74, 6) is -0.0127. The fourth-order valence-corrected chi connectivity index (χ4v) is 1.83. The second-order valence-electron chi connectivity index (χ2n) is 4.69. The first-order valence-corrected chi connectivity index (χ1v) is 6.99. The van der Waals surface area contributed by atoms with Crippen LogP contribution in [0.15, 0.2) is 48.5 Å². The summed E-state index contributed by atoms with van der Waals surface area (Å²) in [5.41, 5.74) is 0.908. The molecule has 0 unspecified atom stereocenters. The topological polar surface area (TPSA) is 38.3 Å². The van der Waals surface area contributed by atoms with Gasteiger partial charge < -0.3 is 10.1 Å². The van der Waals surface area contributed by atoms with Crippen molar-refractivity contribution in [1.82, 2.24) is 0 Å². The zero-order chi connectivity index (χ0) is 15.1. The van der Waals surface area contributed by atoms with Crippen molar-refractivity contribution in [3.05, 3.63) is 59.9 Å². The quantitative estimate of drug-likeness (QED) is 0.806. The average molecular weight is 287 g/mol. The molecule has 0 aromatic heterocycles. The van der Waals surface area contributed by atoms with Crippen molar-refractivity contribution in [3.8, 4) is 5.75 Å². The lowest BCUT2D eigenvalue weighted by Crippen LogP contribution is -2.12. The Morgan fingerprint density at radius 2 is 2.00 bits per heavy atom. The van der Waals surface area contributed by atoms with Gasteiger partial charge in [0, 0.05) is 11.3 Å². The Kier molecular flexibility index (Phi) is 5.32. The molecule has 2 aromatic carbocycles. The van der Waals surface area contributed by atoms with E-state index in [2.05, 4.69) is 12.2 Å². The van der Waals surface area contributed by atoms with Gasteiger partial charge in [0.15, 0.2) is 0 Å². The molecule has 2 aromatic rings. The van der Waals surface area contributed by atoms with Crippen molar-refractivity contribution in [1.29, 1.82) is 0 Å². The van der Waals surface area contributed by atoms with E-state index in [1.54, 1.807) is 30.3 Å². The Hall–Kier alpha value is -2.36. The van der Waals surface area contributed by atoms with Crippen LogP contribution in [0.25, 0.3) is 0 Å². The Bertz CT molecular complexity index is 613. The molecule has 0 aliphatic heterocycles. The van der Waals surface area contributed by atoms with E-state index in [0.717, 1.165) is 12.8 Å². The molecule has 21 heavy (non-hydrogen) atoms. The molecule has 3 nitrogen and oxygen atoms in total. The number of hydrogen-bond acceptors (Lipinski definition) is 2. The Balaban J connectivity index is 2.03. The van der Waals surface area contributed by atoms with Gasteiger partial charge in [-0.05, 0) is 42.8 Å². The Morgan fingerprint density at radius 3 is 2.76 bits per heavy atom. The molecular formula is C17H18FNO2. The van der Waals surface area contributed by atoms with E-state index < -0.39 is 0 Å². The van der Waals surface area contributed by atoms with Gasteiger partial charge in [-0.3, -0.25) is 4.79 Å². The van der Waals surface area contributed by atoms with E-state index in [-0.39, 0.29) is 11.7 Å². The summed E-state index contributed by atoms with van der Waals surface area (Å²) >= 11 is 0. The normalized spacial score (nSPS) is 10.2. The predicted molar refractivity (Wildman–Crippen MR) is 81.2 cm³/mol. The maximum absolute atomic E-state index is 13.1. The van der Waals surface area contributed by atoms with Crippen LogP contribution in [0.4, 0.5) is 10.1 Å². The van der Waals surface area contributed by atoms with Gasteiger partial charge in [-0.2, -0.15) is 0 Å². The van der Waals surface area contributed by atoms with Gasteiger partial charge in [-0.1, -0.05) is 25.5 Å². The summed E-state index contributed by atoms with van der Waals surface area (Å²) in [6.07, 6.45) is 2.03. The summed E-state index contributed by atoms with van der Waals surface area (Å²) in [4.78, 5) is 12.1. The summed E-state index contributed by atoms with van der Waals surface area (Å²) in [6, 6.07) is 12.8. The molecule has 0 saturated heterocycles. The Labute approximate surface area is 123 Å². The number of carbonyl (C=O) groups is 1. The zero-order valence-electron chi connectivity index (χ0n) is 11.9. The minimum absolute atomic E-state index is 0.290. The van der Waals surface area contributed by atoms with Crippen molar-refractivity contribution < 1.29 is 13.9 Å². The molecule has 4 heteroatoms. The summed E-state index contributed by atoms with van der Waals surface area (Å²) < 4.78 is 18.7. The molecule has 0 aliphatic rings. The predicted octanol–water partition coefficient (Wildman–Crippen LogP) is 4.26. The van der Waals surface area contributed by atoms with Gasteiger partial charge in [0.25, 0.3) is 5.91 Å². The standard InChI is InChI=1S/C17H18FNO2/c1-2-3-10-21-16-9-4-6-13(11-16)17(20)19-15-8-5-7-14(18)12-15/h4-9,11-12H,2-3,10H2,1H3,(H,19,20). The number of nitrogens with one attached hydrogen (secondary N) is 1. The number of amides is 1. The fourth-order valence-electron chi connectivity index (χ4n) is 1.83. The molecule has 0 aliphatic carbocycles. The third-order valence-electron chi connectivity index (χ3n) is 2.95. The molecule has 0 heterocycles. The molecule has 0 bridgehead atoms. The van der Waals surface area contributed by atoms with Crippen LogP contribution in [-0.2, 0) is 0 Å². The van der Waals surface area contributed by atoms with Crippen LogP contribution in [0.3, 0.4) is 0 Å². The van der Waals surface area contributed by atoms with Gasteiger partial charge in [-0.25, -0.2) is 4.39 Å². The minimum Gasteiger partial charge on any atom is -0.494 e. The lowest BCUT2D eigenvalue weighted by atomic mass is 10.2. The first-order chi connectivity index (χ1) is 10.2.